The molecular formula is C64H62F16N14O3. The smallest absolute Gasteiger partial charge is 0.416 e. The molecule has 4 aromatic carbocycles. The number of aryl methyl sites for hydroxylation is 2. The number of hydrogen-bond donors (Lipinski definition) is 1. The van der Waals surface area contributed by atoms with Gasteiger partial charge in [-0.2, -0.15) is 62.3 Å². The number of benzene rings is 4. The molecule has 0 bridgehead atoms. The number of aldehydes is 1. The SMILES string of the molecule is Cn1nnc(N(Cc2cc(C(F)(F)F)cc(C(F)(F)F)c2)Cc2cc3cc(F)c(F)cc3nc2N2CCC[C@@H]2C2CCC(C(=O)O)CC2)n1.Cn1nnc(N(Cc2cc(C(F)(F)F)cc(C(F)(F)F)c2)Cc2cc3cc(F)c(F)cc3nc2N2CCC[C@@H]2C2CCC(C=O)CC2)n1. The third-order valence-electron chi connectivity index (χ3n) is 18.5. The molecule has 8 aromatic rings. The van der Waals surface area contributed by atoms with Gasteiger partial charge in [0.25, 0.3) is 11.9 Å². The third-order valence-corrected chi connectivity index (χ3v) is 18.5. The molecule has 4 fully saturated rings. The number of alkyl halides is 12. The van der Waals surface area contributed by atoms with Crippen molar-refractivity contribution in [3.8, 4) is 0 Å². The minimum Gasteiger partial charge on any atom is -0.481 e. The molecule has 0 radical (unpaired) electrons. The van der Waals surface area contributed by atoms with Gasteiger partial charge in [-0.3, -0.25) is 4.79 Å². The topological polar surface area (TPSA) is 180 Å². The number of pyridine rings is 2. The maximum absolute atomic E-state index is 14.4. The van der Waals surface area contributed by atoms with Gasteiger partial charge in [0.2, 0.25) is 0 Å². The molecular weight excluding hydrogens is 1320 g/mol. The number of carbonyl (C=O) groups excluding carboxylic acids is 1. The second kappa shape index (κ2) is 27.5. The van der Waals surface area contributed by atoms with Crippen LogP contribution in [0, 0.1) is 46.9 Å². The first-order chi connectivity index (χ1) is 45.8. The molecule has 2 aliphatic heterocycles. The van der Waals surface area contributed by atoms with Crippen molar-refractivity contribution < 1.29 is 84.9 Å². The Hall–Kier alpha value is -8.94. The Kier molecular flexibility index (Phi) is 19.7. The highest BCUT2D eigenvalue weighted by Crippen LogP contribution is 2.44. The highest BCUT2D eigenvalue weighted by Gasteiger charge is 2.42. The van der Waals surface area contributed by atoms with Gasteiger partial charge in [-0.1, -0.05) is 10.2 Å². The highest BCUT2D eigenvalue weighted by molar-refractivity contribution is 5.83. The number of halogens is 16. The van der Waals surface area contributed by atoms with E-state index in [9.17, 15) is 84.9 Å². The van der Waals surface area contributed by atoms with Gasteiger partial charge >= 0.3 is 30.7 Å². The van der Waals surface area contributed by atoms with Gasteiger partial charge in [0, 0.05) is 91.3 Å². The minimum atomic E-state index is -5.06. The summed E-state index contributed by atoms with van der Waals surface area (Å²) in [6.45, 7) is -0.231. The van der Waals surface area contributed by atoms with Crippen LogP contribution in [0.15, 0.2) is 72.8 Å². The maximum atomic E-state index is 14.4. The van der Waals surface area contributed by atoms with Crippen LogP contribution in [-0.4, -0.2) is 92.9 Å². The fourth-order valence-corrected chi connectivity index (χ4v) is 13.9. The van der Waals surface area contributed by atoms with Gasteiger partial charge in [0.15, 0.2) is 23.3 Å². The minimum absolute atomic E-state index is 0.00470. The molecule has 0 unspecified atom stereocenters. The number of rotatable bonds is 16. The summed E-state index contributed by atoms with van der Waals surface area (Å²) in [6.07, 6.45) is -10.6. The van der Waals surface area contributed by atoms with Crippen LogP contribution in [0.4, 0.5) is 93.8 Å². The fourth-order valence-electron chi connectivity index (χ4n) is 13.9. The Morgan fingerprint density at radius 1 is 0.495 bits per heavy atom. The van der Waals surface area contributed by atoms with Crippen molar-refractivity contribution in [3.05, 3.63) is 141 Å². The molecule has 1 N–H and O–H groups in total. The van der Waals surface area contributed by atoms with Crippen LogP contribution >= 0.6 is 0 Å². The second-order valence-electron chi connectivity index (χ2n) is 25.1. The van der Waals surface area contributed by atoms with Gasteiger partial charge < -0.3 is 29.5 Å². The van der Waals surface area contributed by atoms with Crippen molar-refractivity contribution in [3.63, 3.8) is 0 Å². The summed E-state index contributed by atoms with van der Waals surface area (Å²) in [5, 5.41) is 33.8. The number of aromatic nitrogens is 10. The molecule has 0 amide bonds. The van der Waals surface area contributed by atoms with Crippen LogP contribution in [0.3, 0.4) is 0 Å². The first kappa shape index (κ1) is 69.4. The molecule has 4 aromatic heterocycles. The zero-order valence-corrected chi connectivity index (χ0v) is 51.8. The lowest BCUT2D eigenvalue weighted by molar-refractivity contribution is -0.144. The Bertz CT molecular complexity index is 4120. The van der Waals surface area contributed by atoms with Crippen molar-refractivity contribution in [1.29, 1.82) is 0 Å². The van der Waals surface area contributed by atoms with Crippen LogP contribution < -0.4 is 19.6 Å². The van der Waals surface area contributed by atoms with E-state index in [4.69, 9.17) is 9.97 Å². The van der Waals surface area contributed by atoms with Crippen LogP contribution in [0.2, 0.25) is 0 Å². The maximum Gasteiger partial charge on any atom is 0.416 e. The van der Waals surface area contributed by atoms with E-state index >= 15 is 0 Å². The van der Waals surface area contributed by atoms with E-state index in [1.165, 1.54) is 23.9 Å². The lowest BCUT2D eigenvalue weighted by Crippen LogP contribution is -2.39. The predicted octanol–water partition coefficient (Wildman–Crippen LogP) is 14.4. The van der Waals surface area contributed by atoms with E-state index < -0.39 is 95.2 Å². The molecule has 0 spiro atoms. The molecule has 33 heteroatoms. The predicted molar refractivity (Wildman–Crippen MR) is 319 cm³/mol. The monoisotopic (exact) mass is 1380 g/mol. The van der Waals surface area contributed by atoms with E-state index in [2.05, 4.69) is 35.7 Å². The summed E-state index contributed by atoms with van der Waals surface area (Å²) >= 11 is 0. The normalized spacial score (nSPS) is 20.4. The van der Waals surface area contributed by atoms with Crippen molar-refractivity contribution in [2.75, 3.05) is 32.7 Å². The van der Waals surface area contributed by atoms with Gasteiger partial charge in [-0.05, 0) is 171 Å². The zero-order chi connectivity index (χ0) is 69.6. The average molecular weight is 1380 g/mol. The quantitative estimate of drug-likeness (QED) is 0.0712. The van der Waals surface area contributed by atoms with Crippen molar-refractivity contribution in [1.82, 2.24) is 50.4 Å². The van der Waals surface area contributed by atoms with Crippen molar-refractivity contribution in [2.45, 2.75) is 140 Å². The lowest BCUT2D eigenvalue weighted by Gasteiger charge is -2.37. The van der Waals surface area contributed by atoms with Crippen molar-refractivity contribution >= 4 is 57.6 Å². The summed E-state index contributed by atoms with van der Waals surface area (Å²) in [6, 6.07) is 9.65. The number of carboxylic acid groups (broad SMARTS) is 1. The van der Waals surface area contributed by atoms with Crippen LogP contribution in [0.5, 0.6) is 0 Å². The van der Waals surface area contributed by atoms with E-state index in [-0.39, 0.29) is 99.9 Å². The van der Waals surface area contributed by atoms with Crippen LogP contribution in [0.25, 0.3) is 21.8 Å². The fraction of sp³-hybridized carbons (Fsp3) is 0.469. The van der Waals surface area contributed by atoms with Crippen LogP contribution in [0.1, 0.15) is 122 Å². The number of aliphatic carboxylic acids is 1. The summed E-state index contributed by atoms with van der Waals surface area (Å²) in [5.74, 6) is -4.70. The number of anilines is 4. The largest absolute Gasteiger partial charge is 0.481 e. The Balaban J connectivity index is 0.000000197. The van der Waals surface area contributed by atoms with E-state index in [0.29, 0.717) is 85.8 Å². The summed E-state index contributed by atoms with van der Waals surface area (Å²) in [7, 11) is 2.89. The molecule has 2 aliphatic carbocycles. The molecule has 518 valence electrons. The van der Waals surface area contributed by atoms with Gasteiger partial charge in [-0.25, -0.2) is 27.5 Å². The molecule has 4 aliphatic rings. The number of nitrogens with zero attached hydrogens (tertiary/aromatic N) is 14. The van der Waals surface area contributed by atoms with Crippen LogP contribution in [-0.2, 0) is 74.6 Å². The molecule has 6 heterocycles. The van der Waals surface area contributed by atoms with Gasteiger partial charge in [0.05, 0.1) is 53.3 Å². The van der Waals surface area contributed by atoms with E-state index in [1.54, 1.807) is 12.1 Å². The summed E-state index contributed by atoms with van der Waals surface area (Å²) < 4.78 is 222. The Morgan fingerprint density at radius 3 is 1.19 bits per heavy atom. The number of fused-ring (bicyclic) bond motifs is 2. The second-order valence-corrected chi connectivity index (χ2v) is 25.1. The molecule has 17 nitrogen and oxygen atoms in total. The van der Waals surface area contributed by atoms with E-state index in [1.807, 2.05) is 4.90 Å². The molecule has 2 atom stereocenters. The summed E-state index contributed by atoms with van der Waals surface area (Å²) in [4.78, 5) is 41.5. The number of carbonyl (C=O) groups is 2. The zero-order valence-electron chi connectivity index (χ0n) is 51.8. The molecule has 2 saturated carbocycles. The van der Waals surface area contributed by atoms with Gasteiger partial charge in [-0.15, -0.1) is 10.2 Å². The third kappa shape index (κ3) is 15.9. The Morgan fingerprint density at radius 2 is 0.856 bits per heavy atom. The molecule has 12 rings (SSSR count). The standard InChI is InChI=1S/C32H31F8N7O2.C32H31F8N7O/c1-45-43-30(42-44-45)46(15-17-9-22(31(35,36)37)13-23(10-17)32(38,39)40)16-21-11-20-12-24(33)25(34)14-26(20)41-28(21)47-8-2-3-27(47)18-4-6-19(7-5-18)29(48)49;1-45-43-30(42-44-45)46(15-19-9-23(31(35,36)37)13-24(10-19)32(38,39)40)16-22-11-21-12-25(33)26(34)14-27(21)41-29(22)47-8-2-3-28(47)20-6-4-18(17-48)5-7-20/h9-14,18-19,27H,2-8,15-16H2,1H3,(H,48,49);9-14,17-18,20,28H,2-8,15-16H2,1H3/t18?,19?,27-;18?,20?,28-/m11/s1. The van der Waals surface area contributed by atoms with Crippen molar-refractivity contribution in [2.24, 2.45) is 37.8 Å². The first-order valence-electron chi connectivity index (χ1n) is 31.1. The highest BCUT2D eigenvalue weighted by atomic mass is 19.4. The number of carboxylic acids is 1. The van der Waals surface area contributed by atoms with E-state index in [0.717, 1.165) is 91.5 Å². The molecule has 2 saturated heterocycles. The first-order valence-corrected chi connectivity index (χ1v) is 31.1. The average Bonchev–Trinajstić information content (AvgIpc) is 1.73. The lowest BCUT2D eigenvalue weighted by atomic mass is 9.78. The van der Waals surface area contributed by atoms with Gasteiger partial charge in [0.1, 0.15) is 17.9 Å². The number of tetrazole rings is 2. The Labute approximate surface area is 542 Å². The number of hydrogen-bond acceptors (Lipinski definition) is 14. The molecule has 97 heavy (non-hydrogen) atoms. The summed E-state index contributed by atoms with van der Waals surface area (Å²) in [5.41, 5.74) is -5.32.